The standard InChI is InChI=1S/C53H55N4O.Pt/c1-50(2,3)37-24-25-54-49(32-37)57-47-23-20-38(53(10,11)36-16-13-12-14-17-36)31-46(47)45-22-21-44(34-48(45)57)58-43-19-15-18-41(33-43)55-26-27-56(35-55)42-29-39(51(4,5)6)28-40(30-42)52(7,8)9;/h12-32,35H,1-11H3;/q-3;/i26D,27D;. The minimum Gasteiger partial charge on any atom is -0.509 e. The Labute approximate surface area is 368 Å². The molecule has 1 aliphatic heterocycles. The number of hydrogen-bond donors (Lipinski definition) is 0. The van der Waals surface area contributed by atoms with Gasteiger partial charge in [0.1, 0.15) is 5.82 Å². The van der Waals surface area contributed by atoms with E-state index >= 15 is 0 Å². The molecular weight excluding hydrogens is 904 g/mol. The molecule has 0 bridgehead atoms. The molecular formula is C53H55N4OPt-3. The van der Waals surface area contributed by atoms with Gasteiger partial charge in [0, 0.05) is 55.4 Å². The molecule has 6 heteroatoms. The third kappa shape index (κ3) is 8.37. The summed E-state index contributed by atoms with van der Waals surface area (Å²) < 4.78 is 26.8. The maximum absolute atomic E-state index is 9.04. The maximum atomic E-state index is 9.04. The Hall–Kier alpha value is -5.12. The van der Waals surface area contributed by atoms with Gasteiger partial charge in [0.05, 0.1) is 2.74 Å². The van der Waals surface area contributed by atoms with Gasteiger partial charge in [-0.25, -0.2) is 4.98 Å². The second kappa shape index (κ2) is 15.5. The molecule has 0 atom stereocenters. The molecule has 7 aromatic rings. The van der Waals surface area contributed by atoms with Crippen LogP contribution in [-0.4, -0.2) is 9.55 Å². The van der Waals surface area contributed by atoms with Gasteiger partial charge in [0.25, 0.3) is 0 Å². The molecule has 1 aliphatic rings. The molecule has 0 saturated heterocycles. The minimum absolute atomic E-state index is 0. The third-order valence-electron chi connectivity index (χ3n) is 11.4. The normalized spacial score (nSPS) is 14.5. The van der Waals surface area contributed by atoms with Crippen LogP contribution in [0.25, 0.3) is 27.6 Å². The average Bonchev–Trinajstić information content (AvgIpc) is 3.69. The molecule has 0 aliphatic carbocycles. The van der Waals surface area contributed by atoms with Crippen LogP contribution in [0.1, 0.15) is 107 Å². The summed E-state index contributed by atoms with van der Waals surface area (Å²) in [5.41, 5.74) is 8.91. The van der Waals surface area contributed by atoms with E-state index in [-0.39, 0.29) is 55.1 Å². The van der Waals surface area contributed by atoms with E-state index in [0.717, 1.165) is 33.3 Å². The van der Waals surface area contributed by atoms with Crippen molar-refractivity contribution in [2.75, 3.05) is 9.80 Å². The van der Waals surface area contributed by atoms with Crippen LogP contribution < -0.4 is 14.5 Å². The molecule has 0 radical (unpaired) electrons. The molecule has 59 heavy (non-hydrogen) atoms. The molecule has 306 valence electrons. The zero-order valence-electron chi connectivity index (χ0n) is 38.1. The van der Waals surface area contributed by atoms with Crippen LogP contribution in [0.2, 0.25) is 0 Å². The Bertz CT molecular complexity index is 2750. The molecule has 5 aromatic carbocycles. The van der Waals surface area contributed by atoms with E-state index in [1.54, 1.807) is 16.5 Å². The fourth-order valence-corrected chi connectivity index (χ4v) is 7.55. The smallest absolute Gasteiger partial charge is 0.135 e. The number of benzene rings is 5. The van der Waals surface area contributed by atoms with E-state index in [1.807, 2.05) is 30.5 Å². The number of pyridine rings is 1. The molecule has 0 N–H and O–H groups in total. The van der Waals surface area contributed by atoms with Crippen molar-refractivity contribution >= 4 is 33.2 Å². The summed E-state index contributed by atoms with van der Waals surface area (Å²) in [6.07, 6.45) is 2.03. The first-order valence-electron chi connectivity index (χ1n) is 21.2. The van der Waals surface area contributed by atoms with Gasteiger partial charge in [-0.2, -0.15) is 12.1 Å². The summed E-state index contributed by atoms with van der Waals surface area (Å²) in [7, 11) is 0. The number of anilines is 2. The molecule has 3 heterocycles. The SMILES string of the molecule is [2H]C1=C([2H])N(c2cc(C(C)(C)C)cc(C(C)(C)C)c2)[CH-]N1c1[c-]c(Oc2[c-]c3c(cc2)c2cc(C(C)(C)c4ccccc4)ccc2n3-c2cc(C(C)(C)C)ccn2)ccc1.[Pt]. The van der Waals surface area contributed by atoms with Crippen molar-refractivity contribution in [3.63, 3.8) is 0 Å². The molecule has 0 spiro atoms. The molecule has 0 fully saturated rings. The van der Waals surface area contributed by atoms with Crippen LogP contribution in [0.3, 0.4) is 0 Å². The van der Waals surface area contributed by atoms with Gasteiger partial charge in [0.2, 0.25) is 0 Å². The van der Waals surface area contributed by atoms with Crippen LogP contribution in [0.4, 0.5) is 11.4 Å². The van der Waals surface area contributed by atoms with Gasteiger partial charge >= 0.3 is 0 Å². The topological polar surface area (TPSA) is 33.5 Å². The van der Waals surface area contributed by atoms with Gasteiger partial charge in [0.15, 0.2) is 0 Å². The van der Waals surface area contributed by atoms with Crippen molar-refractivity contribution in [2.45, 2.75) is 97.8 Å². The molecule has 0 amide bonds. The minimum atomic E-state index is -0.216. The number of nitrogens with zero attached hydrogens (tertiary/aromatic N) is 4. The summed E-state index contributed by atoms with van der Waals surface area (Å²) in [5.74, 6) is 1.82. The van der Waals surface area contributed by atoms with Gasteiger partial charge in [-0.15, -0.1) is 48.1 Å². The van der Waals surface area contributed by atoms with E-state index in [4.69, 9.17) is 12.5 Å². The van der Waals surface area contributed by atoms with Crippen molar-refractivity contribution in [1.82, 2.24) is 9.55 Å². The summed E-state index contributed by atoms with van der Waals surface area (Å²) >= 11 is 0. The number of aromatic nitrogens is 2. The molecule has 0 saturated carbocycles. The zero-order chi connectivity index (χ0) is 42.9. The monoisotopic (exact) mass is 960 g/mol. The molecule has 5 nitrogen and oxygen atoms in total. The van der Waals surface area contributed by atoms with Gasteiger partial charge in [-0.3, -0.25) is 0 Å². The van der Waals surface area contributed by atoms with E-state index in [2.05, 4.69) is 178 Å². The van der Waals surface area contributed by atoms with Gasteiger partial charge in [-0.05, 0) is 92.1 Å². The predicted octanol–water partition coefficient (Wildman–Crippen LogP) is 13.7. The predicted molar refractivity (Wildman–Crippen MR) is 242 cm³/mol. The maximum Gasteiger partial charge on any atom is 0.135 e. The Morgan fingerprint density at radius 2 is 1.24 bits per heavy atom. The van der Waals surface area contributed by atoms with Crippen molar-refractivity contribution in [2.24, 2.45) is 0 Å². The van der Waals surface area contributed by atoms with Crippen LogP contribution >= 0.6 is 0 Å². The van der Waals surface area contributed by atoms with Crippen LogP contribution in [0, 0.1) is 18.8 Å². The van der Waals surface area contributed by atoms with Crippen LogP contribution in [-0.2, 0) is 42.7 Å². The first kappa shape index (κ1) is 39.3. The first-order valence-corrected chi connectivity index (χ1v) is 20.2. The third-order valence-corrected chi connectivity index (χ3v) is 11.4. The van der Waals surface area contributed by atoms with E-state index in [0.29, 0.717) is 17.2 Å². The largest absolute Gasteiger partial charge is 0.509 e. The fraction of sp³-hybridized carbons (Fsp3) is 0.283. The fourth-order valence-electron chi connectivity index (χ4n) is 7.55. The van der Waals surface area contributed by atoms with Crippen molar-refractivity contribution in [3.8, 4) is 17.3 Å². The van der Waals surface area contributed by atoms with E-state index in [1.165, 1.54) is 27.8 Å². The number of rotatable bonds is 7. The summed E-state index contributed by atoms with van der Waals surface area (Å²) in [6.45, 7) is 26.2. The first-order chi connectivity index (χ1) is 28.2. The van der Waals surface area contributed by atoms with Crippen molar-refractivity contribution in [1.29, 1.82) is 0 Å². The summed E-state index contributed by atoms with van der Waals surface area (Å²) in [4.78, 5) is 8.37. The van der Waals surface area contributed by atoms with Gasteiger partial charge in [-0.1, -0.05) is 130 Å². The van der Waals surface area contributed by atoms with Crippen molar-refractivity contribution < 1.29 is 28.5 Å². The molecule has 2 aromatic heterocycles. The Kier molecular flexibility index (Phi) is 10.3. The Morgan fingerprint density at radius 3 is 1.92 bits per heavy atom. The van der Waals surface area contributed by atoms with Crippen molar-refractivity contribution in [3.05, 3.63) is 174 Å². The number of hydrogen-bond acceptors (Lipinski definition) is 4. The zero-order valence-corrected chi connectivity index (χ0v) is 38.3. The van der Waals surface area contributed by atoms with E-state index in [9.17, 15) is 0 Å². The van der Waals surface area contributed by atoms with Gasteiger partial charge < -0.3 is 19.1 Å². The van der Waals surface area contributed by atoms with E-state index < -0.39 is 0 Å². The Balaban J connectivity index is 0.00000561. The average molecular weight is 961 g/mol. The second-order valence-electron chi connectivity index (χ2n) is 19.1. The molecule has 8 rings (SSSR count). The number of ether oxygens (including phenoxy) is 1. The molecule has 0 unspecified atom stereocenters. The van der Waals surface area contributed by atoms with Crippen LogP contribution in [0.5, 0.6) is 11.5 Å². The number of fused-ring (bicyclic) bond motifs is 3. The van der Waals surface area contributed by atoms with Crippen LogP contribution in [0.15, 0.2) is 128 Å². The summed E-state index contributed by atoms with van der Waals surface area (Å²) in [6, 6.07) is 44.9. The quantitative estimate of drug-likeness (QED) is 0.149. The second-order valence-corrected chi connectivity index (χ2v) is 19.1. The Morgan fingerprint density at radius 1 is 0.576 bits per heavy atom. The summed E-state index contributed by atoms with van der Waals surface area (Å²) in [5, 5.41) is 2.16.